The van der Waals surface area contributed by atoms with Gasteiger partial charge in [0.05, 0.1) is 23.7 Å². The lowest BCUT2D eigenvalue weighted by Gasteiger charge is -2.15. The van der Waals surface area contributed by atoms with Gasteiger partial charge in [-0.25, -0.2) is 4.39 Å². The maximum absolute atomic E-state index is 13.0. The van der Waals surface area contributed by atoms with Gasteiger partial charge in [-0.3, -0.25) is 9.69 Å². The van der Waals surface area contributed by atoms with E-state index in [1.54, 1.807) is 7.05 Å². The summed E-state index contributed by atoms with van der Waals surface area (Å²) in [6.45, 7) is -0.0196. The first-order valence-electron chi connectivity index (χ1n) is 8.55. The van der Waals surface area contributed by atoms with Gasteiger partial charge >= 0.3 is 6.18 Å². The third kappa shape index (κ3) is 5.55. The van der Waals surface area contributed by atoms with E-state index in [-0.39, 0.29) is 30.6 Å². The molecule has 0 aliphatic heterocycles. The predicted octanol–water partition coefficient (Wildman–Crippen LogP) is 4.62. The topological polar surface area (TPSA) is 71.3 Å². The number of nitrogens with one attached hydrogen (secondary N) is 1. The van der Waals surface area contributed by atoms with Gasteiger partial charge in [0.1, 0.15) is 5.82 Å². The summed E-state index contributed by atoms with van der Waals surface area (Å²) >= 11 is 5.56. The summed E-state index contributed by atoms with van der Waals surface area (Å²) in [6.07, 6.45) is -4.63. The number of carbonyl (C=O) groups excluding carboxylic acids is 1. The summed E-state index contributed by atoms with van der Waals surface area (Å²) in [5, 5.41) is 9.68. The lowest BCUT2D eigenvalue weighted by atomic mass is 10.2. The Morgan fingerprint density at radius 1 is 1.17 bits per heavy atom. The highest BCUT2D eigenvalue weighted by Crippen LogP contribution is 2.36. The van der Waals surface area contributed by atoms with Gasteiger partial charge in [0.15, 0.2) is 0 Å². The number of hydrogen-bond acceptors (Lipinski definition) is 5. The second kappa shape index (κ2) is 8.80. The minimum atomic E-state index is -4.63. The number of alkyl halides is 3. The van der Waals surface area contributed by atoms with Crippen molar-refractivity contribution in [2.75, 3.05) is 18.9 Å². The third-order valence-electron chi connectivity index (χ3n) is 3.93. The molecule has 1 aromatic heterocycles. The summed E-state index contributed by atoms with van der Waals surface area (Å²) < 4.78 is 57.2. The molecule has 3 aromatic rings. The van der Waals surface area contributed by atoms with Gasteiger partial charge in [0.25, 0.3) is 0 Å². The molecule has 0 spiro atoms. The fourth-order valence-electron chi connectivity index (χ4n) is 2.58. The average Bonchev–Trinajstić information content (AvgIpc) is 3.11. The van der Waals surface area contributed by atoms with Crippen LogP contribution in [-0.4, -0.2) is 34.6 Å². The number of aromatic nitrogens is 2. The first-order valence-corrected chi connectivity index (χ1v) is 8.93. The van der Waals surface area contributed by atoms with Crippen molar-refractivity contribution in [3.05, 3.63) is 64.8 Å². The van der Waals surface area contributed by atoms with E-state index in [9.17, 15) is 22.4 Å². The molecule has 1 heterocycles. The number of amides is 1. The molecular weight excluding hydrogens is 428 g/mol. The Labute approximate surface area is 173 Å². The zero-order chi connectivity index (χ0) is 21.9. The Morgan fingerprint density at radius 2 is 1.87 bits per heavy atom. The number of halogens is 5. The number of nitrogens with zero attached hydrogens (tertiary/aromatic N) is 3. The molecule has 11 heteroatoms. The van der Waals surface area contributed by atoms with E-state index >= 15 is 0 Å². The highest BCUT2D eigenvalue weighted by molar-refractivity contribution is 6.31. The molecule has 6 nitrogen and oxygen atoms in total. The van der Waals surface area contributed by atoms with Crippen LogP contribution in [0.15, 0.2) is 46.9 Å². The molecule has 0 fully saturated rings. The highest BCUT2D eigenvalue weighted by Gasteiger charge is 2.33. The van der Waals surface area contributed by atoms with Gasteiger partial charge in [-0.05, 0) is 49.5 Å². The van der Waals surface area contributed by atoms with Crippen LogP contribution in [0.25, 0.3) is 11.5 Å². The highest BCUT2D eigenvalue weighted by atomic mass is 35.5. The van der Waals surface area contributed by atoms with Gasteiger partial charge in [-0.1, -0.05) is 11.6 Å². The van der Waals surface area contributed by atoms with Crippen molar-refractivity contribution in [3.8, 4) is 11.5 Å². The maximum Gasteiger partial charge on any atom is 0.417 e. The molecule has 1 amide bonds. The molecule has 0 atom stereocenters. The van der Waals surface area contributed by atoms with Gasteiger partial charge in [0, 0.05) is 11.3 Å². The Bertz CT molecular complexity index is 1040. The Balaban J connectivity index is 1.58. The molecule has 30 heavy (non-hydrogen) atoms. The number of rotatable bonds is 6. The molecule has 0 aliphatic rings. The molecule has 0 saturated heterocycles. The molecule has 2 aromatic carbocycles. The van der Waals surface area contributed by atoms with Crippen LogP contribution < -0.4 is 5.32 Å². The fourth-order valence-corrected chi connectivity index (χ4v) is 2.80. The predicted molar refractivity (Wildman–Crippen MR) is 101 cm³/mol. The van der Waals surface area contributed by atoms with Gasteiger partial charge < -0.3 is 9.73 Å². The smallest absolute Gasteiger partial charge is 0.417 e. The van der Waals surface area contributed by atoms with Crippen LogP contribution in [0, 0.1) is 5.82 Å². The van der Waals surface area contributed by atoms with Crippen molar-refractivity contribution < 1.29 is 26.8 Å². The van der Waals surface area contributed by atoms with Gasteiger partial charge in [-0.2, -0.15) is 13.2 Å². The normalized spacial score (nSPS) is 11.7. The Kier molecular flexibility index (Phi) is 6.37. The number of carbonyl (C=O) groups is 1. The largest absolute Gasteiger partial charge is 0.419 e. The van der Waals surface area contributed by atoms with Gasteiger partial charge in [0.2, 0.25) is 17.7 Å². The molecule has 0 unspecified atom stereocenters. The molecular formula is C19H15ClF4N4O2. The summed E-state index contributed by atoms with van der Waals surface area (Å²) in [6, 6.07) is 8.62. The first-order chi connectivity index (χ1) is 14.1. The first kappa shape index (κ1) is 21.7. The zero-order valence-corrected chi connectivity index (χ0v) is 16.3. The molecule has 0 bridgehead atoms. The standard InChI is InChI=1S/C19H15ClF4N4O2/c1-28(10-17-26-27-18(30-17)11-2-4-12(21)5-3-11)9-16(29)25-13-6-7-15(20)14(8-13)19(22,23)24/h2-8H,9-10H2,1H3,(H,25,29). The van der Waals surface area contributed by atoms with Crippen LogP contribution >= 0.6 is 11.6 Å². The third-order valence-corrected chi connectivity index (χ3v) is 4.26. The van der Waals surface area contributed by atoms with Crippen LogP contribution in [0.1, 0.15) is 11.5 Å². The van der Waals surface area contributed by atoms with E-state index in [0.717, 1.165) is 12.1 Å². The van der Waals surface area contributed by atoms with E-state index < -0.39 is 28.5 Å². The molecule has 158 valence electrons. The van der Waals surface area contributed by atoms with Crippen molar-refractivity contribution in [1.29, 1.82) is 0 Å². The molecule has 0 saturated carbocycles. The number of likely N-dealkylation sites (N-methyl/N-ethyl adjacent to an activating group) is 1. The van der Waals surface area contributed by atoms with E-state index in [2.05, 4.69) is 15.5 Å². The summed E-state index contributed by atoms with van der Waals surface area (Å²) in [4.78, 5) is 13.7. The van der Waals surface area contributed by atoms with Crippen molar-refractivity contribution in [3.63, 3.8) is 0 Å². The van der Waals surface area contributed by atoms with E-state index in [4.69, 9.17) is 16.0 Å². The van der Waals surface area contributed by atoms with Crippen molar-refractivity contribution >= 4 is 23.2 Å². The minimum absolute atomic E-state index is 0.0264. The summed E-state index contributed by atoms with van der Waals surface area (Å²) in [5.41, 5.74) is -0.519. The van der Waals surface area contributed by atoms with Crippen LogP contribution in [0.4, 0.5) is 23.2 Å². The number of anilines is 1. The molecule has 3 rings (SSSR count). The van der Waals surface area contributed by atoms with Crippen LogP contribution in [0.2, 0.25) is 5.02 Å². The van der Waals surface area contributed by atoms with Crippen molar-refractivity contribution in [1.82, 2.24) is 15.1 Å². The van der Waals surface area contributed by atoms with E-state index in [1.165, 1.54) is 35.2 Å². The second-order valence-electron chi connectivity index (χ2n) is 6.42. The van der Waals surface area contributed by atoms with Crippen molar-refractivity contribution in [2.24, 2.45) is 0 Å². The van der Waals surface area contributed by atoms with Crippen LogP contribution in [0.3, 0.4) is 0 Å². The quantitative estimate of drug-likeness (QED) is 0.564. The zero-order valence-electron chi connectivity index (χ0n) is 15.5. The monoisotopic (exact) mass is 442 g/mol. The second-order valence-corrected chi connectivity index (χ2v) is 6.83. The lowest BCUT2D eigenvalue weighted by molar-refractivity contribution is -0.137. The van der Waals surface area contributed by atoms with E-state index in [0.29, 0.717) is 5.56 Å². The molecule has 0 aliphatic carbocycles. The Morgan fingerprint density at radius 3 is 2.53 bits per heavy atom. The summed E-state index contributed by atoms with van der Waals surface area (Å²) in [5.74, 6) is -0.516. The van der Waals surface area contributed by atoms with Crippen molar-refractivity contribution in [2.45, 2.75) is 12.7 Å². The molecule has 0 radical (unpaired) electrons. The summed E-state index contributed by atoms with van der Waals surface area (Å²) in [7, 11) is 1.60. The SMILES string of the molecule is CN(CC(=O)Nc1ccc(Cl)c(C(F)(F)F)c1)Cc1nnc(-c2ccc(F)cc2)o1. The number of hydrogen-bond donors (Lipinski definition) is 1. The van der Waals surface area contributed by atoms with E-state index in [1.807, 2.05) is 0 Å². The minimum Gasteiger partial charge on any atom is -0.419 e. The lowest BCUT2D eigenvalue weighted by Crippen LogP contribution is -2.30. The average molecular weight is 443 g/mol. The van der Waals surface area contributed by atoms with Crippen LogP contribution in [0.5, 0.6) is 0 Å². The molecule has 1 N–H and O–H groups in total. The fraction of sp³-hybridized carbons (Fsp3) is 0.211. The van der Waals surface area contributed by atoms with Crippen LogP contribution in [-0.2, 0) is 17.5 Å². The Hall–Kier alpha value is -2.98. The van der Waals surface area contributed by atoms with Gasteiger partial charge in [-0.15, -0.1) is 10.2 Å². The maximum atomic E-state index is 13.0. The number of benzene rings is 2.